The van der Waals surface area contributed by atoms with E-state index in [4.69, 9.17) is 9.47 Å². The summed E-state index contributed by atoms with van der Waals surface area (Å²) in [7, 11) is 3.33. The van der Waals surface area contributed by atoms with Crippen LogP contribution in [0.25, 0.3) is 0 Å². The molecule has 0 bridgehead atoms. The predicted molar refractivity (Wildman–Crippen MR) is 60.4 cm³/mol. The van der Waals surface area contributed by atoms with Crippen LogP contribution in [-0.2, 0) is 15.9 Å². The van der Waals surface area contributed by atoms with E-state index in [9.17, 15) is 0 Å². The topological polar surface area (TPSA) is 56.3 Å². The zero-order valence-corrected chi connectivity index (χ0v) is 10.1. The fourth-order valence-corrected chi connectivity index (χ4v) is 1.72. The van der Waals surface area contributed by atoms with Gasteiger partial charge in [-0.2, -0.15) is 4.37 Å². The third-order valence-corrected chi connectivity index (χ3v) is 2.66. The summed E-state index contributed by atoms with van der Waals surface area (Å²) in [4.78, 5) is 4.30. The summed E-state index contributed by atoms with van der Waals surface area (Å²) in [5.74, 6) is 0.878. The van der Waals surface area contributed by atoms with Gasteiger partial charge in [0.25, 0.3) is 0 Å². The van der Waals surface area contributed by atoms with E-state index in [0.717, 1.165) is 17.4 Å². The second-order valence-electron chi connectivity index (χ2n) is 3.06. The highest BCUT2D eigenvalue weighted by Gasteiger charge is 2.08. The number of methoxy groups -OCH3 is 2. The molecule has 86 valence electrons. The van der Waals surface area contributed by atoms with Crippen LogP contribution in [0.15, 0.2) is 0 Å². The van der Waals surface area contributed by atoms with Crippen molar-refractivity contribution in [1.29, 1.82) is 0 Å². The van der Waals surface area contributed by atoms with E-state index in [1.54, 1.807) is 14.2 Å². The molecule has 6 heteroatoms. The first-order valence-electron chi connectivity index (χ1n) is 4.88. The Morgan fingerprint density at radius 3 is 2.80 bits per heavy atom. The molecule has 15 heavy (non-hydrogen) atoms. The van der Waals surface area contributed by atoms with E-state index in [-0.39, 0.29) is 6.10 Å². The molecule has 1 rings (SSSR count). The molecule has 0 saturated heterocycles. The van der Waals surface area contributed by atoms with Crippen molar-refractivity contribution in [3.8, 4) is 0 Å². The first-order chi connectivity index (χ1) is 7.30. The molecule has 0 amide bonds. The lowest BCUT2D eigenvalue weighted by Crippen LogP contribution is -2.26. The van der Waals surface area contributed by atoms with Crippen LogP contribution in [0, 0.1) is 0 Å². The Kier molecular flexibility index (Phi) is 5.52. The van der Waals surface area contributed by atoms with Crippen molar-refractivity contribution in [3.05, 3.63) is 5.82 Å². The summed E-state index contributed by atoms with van der Waals surface area (Å²) in [6, 6.07) is 0. The maximum atomic E-state index is 5.21. The molecule has 1 heterocycles. The Hall–Kier alpha value is -0.720. The minimum atomic E-state index is 0.0453. The minimum Gasteiger partial charge on any atom is -0.382 e. The molecular formula is C9H17N3O2S. The van der Waals surface area contributed by atoms with E-state index in [0.29, 0.717) is 13.2 Å². The van der Waals surface area contributed by atoms with Crippen LogP contribution in [-0.4, -0.2) is 42.8 Å². The number of ether oxygens (including phenoxy) is 2. The van der Waals surface area contributed by atoms with Gasteiger partial charge in [-0.15, -0.1) is 0 Å². The number of nitrogens with zero attached hydrogens (tertiary/aromatic N) is 2. The molecule has 1 aromatic heterocycles. The summed E-state index contributed by atoms with van der Waals surface area (Å²) < 4.78 is 14.4. The van der Waals surface area contributed by atoms with Crippen molar-refractivity contribution >= 4 is 16.7 Å². The van der Waals surface area contributed by atoms with Crippen LogP contribution >= 0.6 is 11.5 Å². The highest BCUT2D eigenvalue weighted by molar-refractivity contribution is 7.09. The Morgan fingerprint density at radius 2 is 2.27 bits per heavy atom. The van der Waals surface area contributed by atoms with Crippen LogP contribution in [0.2, 0.25) is 0 Å². The normalized spacial score (nSPS) is 12.7. The molecular weight excluding hydrogens is 214 g/mol. The van der Waals surface area contributed by atoms with Crippen molar-refractivity contribution in [2.45, 2.75) is 19.4 Å². The molecule has 1 N–H and O–H groups in total. The van der Waals surface area contributed by atoms with Gasteiger partial charge in [0.2, 0.25) is 5.13 Å². The van der Waals surface area contributed by atoms with Crippen molar-refractivity contribution in [2.24, 2.45) is 0 Å². The molecule has 5 nitrogen and oxygen atoms in total. The van der Waals surface area contributed by atoms with Gasteiger partial charge in [-0.25, -0.2) is 4.98 Å². The molecule has 0 fully saturated rings. The number of hydrogen-bond acceptors (Lipinski definition) is 6. The smallest absolute Gasteiger partial charge is 0.202 e. The Morgan fingerprint density at radius 1 is 1.47 bits per heavy atom. The number of aryl methyl sites for hydroxylation is 1. The SMILES string of the molecule is CCc1nsc(NCC(COC)OC)n1. The highest BCUT2D eigenvalue weighted by atomic mass is 32.1. The molecule has 1 unspecified atom stereocenters. The molecule has 0 aliphatic rings. The lowest BCUT2D eigenvalue weighted by Gasteiger charge is -2.13. The molecule has 0 radical (unpaired) electrons. The van der Waals surface area contributed by atoms with Crippen LogP contribution in [0.1, 0.15) is 12.7 Å². The first-order valence-corrected chi connectivity index (χ1v) is 5.65. The maximum absolute atomic E-state index is 5.21. The van der Waals surface area contributed by atoms with Crippen molar-refractivity contribution in [2.75, 3.05) is 32.7 Å². The standard InChI is InChI=1S/C9H17N3O2S/c1-4-8-11-9(15-12-8)10-5-7(14-3)6-13-2/h7H,4-6H2,1-3H3,(H,10,11,12). The van der Waals surface area contributed by atoms with Gasteiger partial charge in [-0.1, -0.05) is 6.92 Å². The second-order valence-corrected chi connectivity index (χ2v) is 3.82. The maximum Gasteiger partial charge on any atom is 0.202 e. The van der Waals surface area contributed by atoms with Gasteiger partial charge < -0.3 is 14.8 Å². The number of aromatic nitrogens is 2. The van der Waals surface area contributed by atoms with Gasteiger partial charge in [-0.3, -0.25) is 0 Å². The number of rotatable bonds is 7. The van der Waals surface area contributed by atoms with Gasteiger partial charge >= 0.3 is 0 Å². The largest absolute Gasteiger partial charge is 0.382 e. The number of nitrogens with one attached hydrogen (secondary N) is 1. The quantitative estimate of drug-likeness (QED) is 0.763. The zero-order chi connectivity index (χ0) is 11.1. The van der Waals surface area contributed by atoms with E-state index in [1.807, 2.05) is 6.92 Å². The summed E-state index contributed by atoms with van der Waals surface area (Å²) in [5, 5.41) is 4.01. The Bertz CT molecular complexity index is 280. The van der Waals surface area contributed by atoms with Crippen LogP contribution < -0.4 is 5.32 Å². The lowest BCUT2D eigenvalue weighted by molar-refractivity contribution is 0.0365. The Balaban J connectivity index is 2.34. The first kappa shape index (κ1) is 12.4. The predicted octanol–water partition coefficient (Wildman–Crippen LogP) is 1.17. The summed E-state index contributed by atoms with van der Waals surface area (Å²) in [6.07, 6.45) is 0.910. The van der Waals surface area contributed by atoms with E-state index in [1.165, 1.54) is 11.5 Å². The van der Waals surface area contributed by atoms with E-state index in [2.05, 4.69) is 14.7 Å². The summed E-state index contributed by atoms with van der Waals surface area (Å²) in [5.41, 5.74) is 0. The molecule has 0 saturated carbocycles. The van der Waals surface area contributed by atoms with Crippen molar-refractivity contribution in [1.82, 2.24) is 9.36 Å². The van der Waals surface area contributed by atoms with Crippen LogP contribution in [0.3, 0.4) is 0 Å². The van der Waals surface area contributed by atoms with E-state index < -0.39 is 0 Å². The third kappa shape index (κ3) is 4.11. The monoisotopic (exact) mass is 231 g/mol. The summed E-state index contributed by atoms with van der Waals surface area (Å²) in [6.45, 7) is 3.29. The minimum absolute atomic E-state index is 0.0453. The van der Waals surface area contributed by atoms with Gasteiger partial charge in [0, 0.05) is 38.7 Å². The lowest BCUT2D eigenvalue weighted by atomic mass is 10.4. The molecule has 0 aliphatic carbocycles. The number of anilines is 1. The molecule has 0 aromatic carbocycles. The fraction of sp³-hybridized carbons (Fsp3) is 0.778. The zero-order valence-electron chi connectivity index (χ0n) is 9.32. The number of hydrogen-bond donors (Lipinski definition) is 1. The van der Waals surface area contributed by atoms with Gasteiger partial charge in [0.15, 0.2) is 0 Å². The third-order valence-electron chi connectivity index (χ3n) is 1.95. The second kappa shape index (κ2) is 6.71. The summed E-state index contributed by atoms with van der Waals surface area (Å²) >= 11 is 1.38. The molecule has 0 spiro atoms. The van der Waals surface area contributed by atoms with Crippen molar-refractivity contribution in [3.63, 3.8) is 0 Å². The Labute approximate surface area is 94.0 Å². The highest BCUT2D eigenvalue weighted by Crippen LogP contribution is 2.11. The molecule has 0 aliphatic heterocycles. The van der Waals surface area contributed by atoms with Gasteiger partial charge in [0.1, 0.15) is 5.82 Å². The fourth-order valence-electron chi connectivity index (χ4n) is 1.07. The van der Waals surface area contributed by atoms with Crippen molar-refractivity contribution < 1.29 is 9.47 Å². The van der Waals surface area contributed by atoms with Gasteiger partial charge in [0.05, 0.1) is 12.7 Å². The average molecular weight is 231 g/mol. The molecule has 1 atom stereocenters. The average Bonchev–Trinajstić information content (AvgIpc) is 2.72. The van der Waals surface area contributed by atoms with Gasteiger partial charge in [-0.05, 0) is 0 Å². The van der Waals surface area contributed by atoms with E-state index >= 15 is 0 Å². The van der Waals surface area contributed by atoms with Crippen LogP contribution in [0.4, 0.5) is 5.13 Å². The van der Waals surface area contributed by atoms with Crippen LogP contribution in [0.5, 0.6) is 0 Å². The molecule has 1 aromatic rings.